The summed E-state index contributed by atoms with van der Waals surface area (Å²) >= 11 is 0. The molecule has 0 aromatic heterocycles. The van der Waals surface area contributed by atoms with E-state index in [4.69, 9.17) is 14.6 Å². The molecule has 1 aromatic rings. The highest BCUT2D eigenvalue weighted by molar-refractivity contribution is 5.94. The highest BCUT2D eigenvalue weighted by Crippen LogP contribution is 2.23. The van der Waals surface area contributed by atoms with Crippen LogP contribution < -0.4 is 0 Å². The number of likely N-dealkylation sites (tertiary alicyclic amines) is 1. The van der Waals surface area contributed by atoms with E-state index in [9.17, 15) is 4.79 Å². The van der Waals surface area contributed by atoms with Crippen molar-refractivity contribution in [1.82, 2.24) is 4.90 Å². The van der Waals surface area contributed by atoms with E-state index < -0.39 is 0 Å². The third kappa shape index (κ3) is 3.26. The average Bonchev–Trinajstić information content (AvgIpc) is 3.00. The van der Waals surface area contributed by atoms with E-state index in [1.54, 1.807) is 0 Å². The number of carbonyl (C=O) groups is 1. The van der Waals surface area contributed by atoms with Crippen molar-refractivity contribution in [3.8, 4) is 0 Å². The fourth-order valence-corrected chi connectivity index (χ4v) is 2.93. The Labute approximate surface area is 124 Å². The number of piperidine rings is 1. The summed E-state index contributed by atoms with van der Waals surface area (Å²) in [7, 11) is 0. The number of fused-ring (bicyclic) bond motifs is 1. The predicted octanol–water partition coefficient (Wildman–Crippen LogP) is 1.33. The van der Waals surface area contributed by atoms with Crippen LogP contribution in [0.3, 0.4) is 0 Å². The second-order valence-corrected chi connectivity index (χ2v) is 5.56. The SMILES string of the molecule is O=C(c1ccc2c(c1)COC2)N1CCC(OCCO)CC1. The average molecular weight is 291 g/mol. The molecular weight excluding hydrogens is 270 g/mol. The molecule has 1 amide bonds. The summed E-state index contributed by atoms with van der Waals surface area (Å²) in [6, 6.07) is 5.84. The minimum Gasteiger partial charge on any atom is -0.394 e. The van der Waals surface area contributed by atoms with Gasteiger partial charge >= 0.3 is 0 Å². The van der Waals surface area contributed by atoms with Crippen LogP contribution in [0, 0.1) is 0 Å². The summed E-state index contributed by atoms with van der Waals surface area (Å²) in [6.45, 7) is 3.11. The van der Waals surface area contributed by atoms with E-state index in [0.717, 1.165) is 24.0 Å². The van der Waals surface area contributed by atoms with Crippen molar-refractivity contribution >= 4 is 5.91 Å². The van der Waals surface area contributed by atoms with Gasteiger partial charge in [-0.1, -0.05) is 6.07 Å². The number of aliphatic hydroxyl groups is 1. The van der Waals surface area contributed by atoms with Gasteiger partial charge in [0, 0.05) is 18.7 Å². The Kier molecular flexibility index (Phi) is 4.53. The zero-order chi connectivity index (χ0) is 14.7. The molecule has 0 spiro atoms. The molecule has 5 heteroatoms. The number of aliphatic hydroxyl groups excluding tert-OH is 1. The zero-order valence-corrected chi connectivity index (χ0v) is 12.1. The molecule has 1 fully saturated rings. The minimum atomic E-state index is 0.0519. The van der Waals surface area contributed by atoms with Crippen molar-refractivity contribution in [2.75, 3.05) is 26.3 Å². The van der Waals surface area contributed by atoms with E-state index >= 15 is 0 Å². The second kappa shape index (κ2) is 6.56. The number of amides is 1. The maximum absolute atomic E-state index is 12.5. The van der Waals surface area contributed by atoms with E-state index in [1.807, 2.05) is 23.1 Å². The highest BCUT2D eigenvalue weighted by Gasteiger charge is 2.24. The number of hydrogen-bond acceptors (Lipinski definition) is 4. The molecule has 21 heavy (non-hydrogen) atoms. The van der Waals surface area contributed by atoms with E-state index in [2.05, 4.69) is 0 Å². The second-order valence-electron chi connectivity index (χ2n) is 5.56. The molecule has 0 aliphatic carbocycles. The van der Waals surface area contributed by atoms with Crippen LogP contribution in [0.25, 0.3) is 0 Å². The van der Waals surface area contributed by atoms with Gasteiger partial charge in [0.15, 0.2) is 0 Å². The maximum atomic E-state index is 12.5. The van der Waals surface area contributed by atoms with Gasteiger partial charge in [0.25, 0.3) is 5.91 Å². The smallest absolute Gasteiger partial charge is 0.253 e. The predicted molar refractivity (Wildman–Crippen MR) is 76.9 cm³/mol. The van der Waals surface area contributed by atoms with Crippen molar-refractivity contribution in [1.29, 1.82) is 0 Å². The topological polar surface area (TPSA) is 59.0 Å². The molecular formula is C16H21NO4. The fourth-order valence-electron chi connectivity index (χ4n) is 2.93. The van der Waals surface area contributed by atoms with Crippen molar-refractivity contribution in [3.63, 3.8) is 0 Å². The third-order valence-corrected chi connectivity index (χ3v) is 4.14. The van der Waals surface area contributed by atoms with Crippen LogP contribution in [0.2, 0.25) is 0 Å². The first-order valence-corrected chi connectivity index (χ1v) is 7.49. The van der Waals surface area contributed by atoms with Crippen molar-refractivity contribution in [2.45, 2.75) is 32.2 Å². The standard InChI is InChI=1S/C16H21NO4/c18-7-8-21-15-3-5-17(6-4-15)16(19)12-1-2-13-10-20-11-14(13)9-12/h1-2,9,15,18H,3-8,10-11H2. The summed E-state index contributed by atoms with van der Waals surface area (Å²) in [5.74, 6) is 0.0882. The lowest BCUT2D eigenvalue weighted by molar-refractivity contribution is -0.00554. The Balaban J connectivity index is 1.59. The lowest BCUT2D eigenvalue weighted by Crippen LogP contribution is -2.41. The number of rotatable bonds is 4. The number of hydrogen-bond donors (Lipinski definition) is 1. The molecule has 0 radical (unpaired) electrons. The van der Waals surface area contributed by atoms with Crippen molar-refractivity contribution in [3.05, 3.63) is 34.9 Å². The van der Waals surface area contributed by atoms with E-state index in [0.29, 0.717) is 32.9 Å². The maximum Gasteiger partial charge on any atom is 0.253 e. The summed E-state index contributed by atoms with van der Waals surface area (Å²) in [4.78, 5) is 14.4. The van der Waals surface area contributed by atoms with E-state index in [-0.39, 0.29) is 18.6 Å². The third-order valence-electron chi connectivity index (χ3n) is 4.14. The lowest BCUT2D eigenvalue weighted by atomic mass is 10.0. The van der Waals surface area contributed by atoms with Gasteiger partial charge in [0.1, 0.15) is 0 Å². The Bertz CT molecular complexity index is 509. The molecule has 114 valence electrons. The largest absolute Gasteiger partial charge is 0.394 e. The highest BCUT2D eigenvalue weighted by atomic mass is 16.5. The van der Waals surface area contributed by atoms with Crippen LogP contribution in [-0.2, 0) is 22.7 Å². The molecule has 0 bridgehead atoms. The normalized spacial score (nSPS) is 18.8. The molecule has 0 atom stereocenters. The van der Waals surface area contributed by atoms with Gasteiger partial charge in [0.2, 0.25) is 0 Å². The monoisotopic (exact) mass is 291 g/mol. The Morgan fingerprint density at radius 1 is 1.29 bits per heavy atom. The van der Waals surface area contributed by atoms with Crippen LogP contribution in [0.1, 0.15) is 34.3 Å². The van der Waals surface area contributed by atoms with Crippen LogP contribution in [0.15, 0.2) is 18.2 Å². The van der Waals surface area contributed by atoms with Gasteiger partial charge in [-0.25, -0.2) is 0 Å². The number of nitrogens with zero attached hydrogens (tertiary/aromatic N) is 1. The first-order valence-electron chi connectivity index (χ1n) is 7.49. The Hall–Kier alpha value is -1.43. The molecule has 1 saturated heterocycles. The Morgan fingerprint density at radius 3 is 2.81 bits per heavy atom. The van der Waals surface area contributed by atoms with Gasteiger partial charge in [-0.05, 0) is 36.1 Å². The lowest BCUT2D eigenvalue weighted by Gasteiger charge is -2.32. The molecule has 1 N–H and O–H groups in total. The van der Waals surface area contributed by atoms with Crippen LogP contribution in [0.5, 0.6) is 0 Å². The van der Waals surface area contributed by atoms with Gasteiger partial charge in [-0.2, -0.15) is 0 Å². The van der Waals surface area contributed by atoms with Crippen LogP contribution in [0.4, 0.5) is 0 Å². The Morgan fingerprint density at radius 2 is 2.05 bits per heavy atom. The summed E-state index contributed by atoms with van der Waals surface area (Å²) in [5, 5.41) is 8.76. The molecule has 3 rings (SSSR count). The first-order chi connectivity index (χ1) is 10.3. The van der Waals surface area contributed by atoms with Crippen molar-refractivity contribution in [2.24, 2.45) is 0 Å². The molecule has 2 aliphatic rings. The first kappa shape index (κ1) is 14.5. The molecule has 0 saturated carbocycles. The molecule has 0 unspecified atom stereocenters. The minimum absolute atomic E-state index is 0.0519. The molecule has 1 aromatic carbocycles. The summed E-state index contributed by atoms with van der Waals surface area (Å²) < 4.78 is 10.9. The van der Waals surface area contributed by atoms with Gasteiger partial charge < -0.3 is 19.5 Å². The molecule has 5 nitrogen and oxygen atoms in total. The zero-order valence-electron chi connectivity index (χ0n) is 12.1. The van der Waals surface area contributed by atoms with Gasteiger partial charge in [-0.3, -0.25) is 4.79 Å². The van der Waals surface area contributed by atoms with Gasteiger partial charge in [-0.15, -0.1) is 0 Å². The molecule has 2 aliphatic heterocycles. The van der Waals surface area contributed by atoms with Crippen LogP contribution >= 0.6 is 0 Å². The van der Waals surface area contributed by atoms with Crippen LogP contribution in [-0.4, -0.2) is 48.3 Å². The number of carbonyl (C=O) groups excluding carboxylic acids is 1. The van der Waals surface area contributed by atoms with E-state index in [1.165, 1.54) is 5.56 Å². The fraction of sp³-hybridized carbons (Fsp3) is 0.562. The van der Waals surface area contributed by atoms with Crippen molar-refractivity contribution < 1.29 is 19.4 Å². The quantitative estimate of drug-likeness (QED) is 0.909. The number of ether oxygens (including phenoxy) is 2. The van der Waals surface area contributed by atoms with Gasteiger partial charge in [0.05, 0.1) is 32.5 Å². The summed E-state index contributed by atoms with van der Waals surface area (Å²) in [5.41, 5.74) is 3.05. The molecule has 2 heterocycles. The number of benzene rings is 1. The summed E-state index contributed by atoms with van der Waals surface area (Å²) in [6.07, 6.45) is 1.83.